The molecule has 0 aliphatic carbocycles. The van der Waals surface area contributed by atoms with Crippen molar-refractivity contribution in [1.82, 2.24) is 9.99 Å². The Morgan fingerprint density at radius 1 is 1.15 bits per heavy atom. The van der Waals surface area contributed by atoms with E-state index in [-0.39, 0.29) is 10.9 Å². The molecule has 0 unspecified atom stereocenters. The standard InChI is InChI=1S/C20H16Cl2IN3O/c1-12-9-14(13(2)26(12)19-6-4-3-5-18(19)23)11-24-25-20(27)16-8-7-15(21)10-17(16)22/h3-11H,1-2H3,(H,25,27)/b24-11-. The molecule has 1 heterocycles. The van der Waals surface area contributed by atoms with Gasteiger partial charge in [0.15, 0.2) is 0 Å². The van der Waals surface area contributed by atoms with E-state index in [4.69, 9.17) is 23.2 Å². The number of carbonyl (C=O) groups is 1. The average molecular weight is 512 g/mol. The lowest BCUT2D eigenvalue weighted by molar-refractivity contribution is 0.0955. The van der Waals surface area contributed by atoms with Crippen LogP contribution in [-0.2, 0) is 0 Å². The topological polar surface area (TPSA) is 46.4 Å². The second-order valence-electron chi connectivity index (χ2n) is 5.94. The van der Waals surface area contributed by atoms with Crippen molar-refractivity contribution in [3.8, 4) is 5.69 Å². The number of aromatic nitrogens is 1. The van der Waals surface area contributed by atoms with Gasteiger partial charge in [-0.25, -0.2) is 5.43 Å². The lowest BCUT2D eigenvalue weighted by atomic mass is 10.2. The molecule has 0 saturated heterocycles. The highest BCUT2D eigenvalue weighted by atomic mass is 127. The number of benzene rings is 2. The Labute approximate surface area is 181 Å². The number of carbonyl (C=O) groups excluding carboxylic acids is 1. The first-order valence-electron chi connectivity index (χ1n) is 8.11. The van der Waals surface area contributed by atoms with Gasteiger partial charge in [-0.1, -0.05) is 35.3 Å². The molecule has 138 valence electrons. The predicted octanol–water partition coefficient (Wildman–Crippen LogP) is 5.77. The van der Waals surface area contributed by atoms with Crippen LogP contribution in [0.4, 0.5) is 0 Å². The monoisotopic (exact) mass is 511 g/mol. The van der Waals surface area contributed by atoms with Gasteiger partial charge >= 0.3 is 0 Å². The van der Waals surface area contributed by atoms with E-state index in [9.17, 15) is 4.79 Å². The SMILES string of the molecule is Cc1cc(/C=N\NC(=O)c2ccc(Cl)cc2Cl)c(C)n1-c1ccccc1I. The van der Waals surface area contributed by atoms with E-state index in [1.807, 2.05) is 32.0 Å². The predicted molar refractivity (Wildman–Crippen MR) is 119 cm³/mol. The summed E-state index contributed by atoms with van der Waals surface area (Å²) >= 11 is 14.2. The maximum absolute atomic E-state index is 12.2. The van der Waals surface area contributed by atoms with Gasteiger partial charge in [0.05, 0.1) is 22.5 Å². The molecule has 0 radical (unpaired) electrons. The highest BCUT2D eigenvalue weighted by Gasteiger charge is 2.12. The first-order valence-corrected chi connectivity index (χ1v) is 9.94. The number of hydrogen-bond acceptors (Lipinski definition) is 2. The van der Waals surface area contributed by atoms with Crippen LogP contribution in [-0.4, -0.2) is 16.7 Å². The third-order valence-corrected chi connectivity index (χ3v) is 5.57. The zero-order valence-corrected chi connectivity index (χ0v) is 18.3. The van der Waals surface area contributed by atoms with Crippen molar-refractivity contribution in [2.75, 3.05) is 0 Å². The molecule has 27 heavy (non-hydrogen) atoms. The number of rotatable bonds is 4. The van der Waals surface area contributed by atoms with E-state index in [1.165, 1.54) is 6.07 Å². The van der Waals surface area contributed by atoms with Gasteiger partial charge in [0.1, 0.15) is 0 Å². The van der Waals surface area contributed by atoms with Crippen LogP contribution in [0, 0.1) is 17.4 Å². The Hall–Kier alpha value is -1.83. The zero-order valence-electron chi connectivity index (χ0n) is 14.6. The van der Waals surface area contributed by atoms with Gasteiger partial charge in [-0.3, -0.25) is 4.79 Å². The quantitative estimate of drug-likeness (QED) is 0.270. The Kier molecular flexibility index (Phi) is 6.24. The second kappa shape index (κ2) is 8.46. The van der Waals surface area contributed by atoms with Gasteiger partial charge in [0.25, 0.3) is 5.91 Å². The summed E-state index contributed by atoms with van der Waals surface area (Å²) in [6, 6.07) is 14.9. The maximum Gasteiger partial charge on any atom is 0.272 e. The highest BCUT2D eigenvalue weighted by molar-refractivity contribution is 14.1. The molecule has 0 spiro atoms. The van der Waals surface area contributed by atoms with Gasteiger partial charge in [-0.2, -0.15) is 5.10 Å². The summed E-state index contributed by atoms with van der Waals surface area (Å²) in [5, 5.41) is 4.84. The Morgan fingerprint density at radius 2 is 1.89 bits per heavy atom. The van der Waals surface area contributed by atoms with Crippen LogP contribution in [0.3, 0.4) is 0 Å². The summed E-state index contributed by atoms with van der Waals surface area (Å²) in [5.74, 6) is -0.390. The fraction of sp³-hybridized carbons (Fsp3) is 0.100. The number of hydrogen-bond donors (Lipinski definition) is 1. The molecule has 1 amide bonds. The van der Waals surface area contributed by atoms with Gasteiger partial charge in [0, 0.05) is 25.5 Å². The minimum absolute atomic E-state index is 0.284. The number of nitrogens with one attached hydrogen (secondary N) is 1. The molecule has 3 aromatic rings. The lowest BCUT2D eigenvalue weighted by Gasteiger charge is -2.11. The van der Waals surface area contributed by atoms with Crippen LogP contribution < -0.4 is 5.43 Å². The number of aryl methyl sites for hydroxylation is 1. The third kappa shape index (κ3) is 4.36. The minimum atomic E-state index is -0.390. The van der Waals surface area contributed by atoms with E-state index < -0.39 is 0 Å². The fourth-order valence-electron chi connectivity index (χ4n) is 2.82. The first kappa shape index (κ1) is 19.9. The van der Waals surface area contributed by atoms with Gasteiger partial charge < -0.3 is 4.57 Å². The molecule has 1 N–H and O–H groups in total. The van der Waals surface area contributed by atoms with E-state index in [0.29, 0.717) is 10.6 Å². The van der Waals surface area contributed by atoms with Crippen molar-refractivity contribution in [3.63, 3.8) is 0 Å². The van der Waals surface area contributed by atoms with Crippen LogP contribution in [0.15, 0.2) is 53.6 Å². The summed E-state index contributed by atoms with van der Waals surface area (Å²) in [5.41, 5.74) is 7.00. The fourth-order valence-corrected chi connectivity index (χ4v) is 3.94. The molecular weight excluding hydrogens is 496 g/mol. The number of para-hydroxylation sites is 1. The lowest BCUT2D eigenvalue weighted by Crippen LogP contribution is -2.18. The van der Waals surface area contributed by atoms with E-state index >= 15 is 0 Å². The Morgan fingerprint density at radius 3 is 2.59 bits per heavy atom. The van der Waals surface area contributed by atoms with E-state index in [0.717, 1.165) is 26.2 Å². The highest BCUT2D eigenvalue weighted by Crippen LogP contribution is 2.24. The molecule has 1 aromatic heterocycles. The van der Waals surface area contributed by atoms with Crippen molar-refractivity contribution in [2.45, 2.75) is 13.8 Å². The molecule has 0 aliphatic rings. The van der Waals surface area contributed by atoms with Crippen molar-refractivity contribution in [1.29, 1.82) is 0 Å². The van der Waals surface area contributed by atoms with E-state index in [2.05, 4.69) is 49.8 Å². The van der Waals surface area contributed by atoms with Crippen LogP contribution in [0.2, 0.25) is 10.0 Å². The summed E-state index contributed by atoms with van der Waals surface area (Å²) in [6.07, 6.45) is 1.64. The van der Waals surface area contributed by atoms with Crippen LogP contribution in [0.1, 0.15) is 27.3 Å². The molecule has 0 aliphatic heterocycles. The number of hydrazone groups is 1. The summed E-state index contributed by atoms with van der Waals surface area (Å²) in [7, 11) is 0. The van der Waals surface area contributed by atoms with Crippen molar-refractivity contribution < 1.29 is 4.79 Å². The van der Waals surface area contributed by atoms with Crippen LogP contribution in [0.25, 0.3) is 5.69 Å². The molecule has 0 fully saturated rings. The number of amides is 1. The number of halogens is 3. The zero-order chi connectivity index (χ0) is 19.6. The normalized spacial score (nSPS) is 11.1. The minimum Gasteiger partial charge on any atom is -0.317 e. The first-order chi connectivity index (χ1) is 12.9. The summed E-state index contributed by atoms with van der Waals surface area (Å²) in [6.45, 7) is 4.06. The van der Waals surface area contributed by atoms with Gasteiger partial charge in [-0.05, 0) is 72.8 Å². The smallest absolute Gasteiger partial charge is 0.272 e. The van der Waals surface area contributed by atoms with Crippen LogP contribution in [0.5, 0.6) is 0 Å². The van der Waals surface area contributed by atoms with Gasteiger partial charge in [0.2, 0.25) is 0 Å². The molecule has 0 atom stereocenters. The van der Waals surface area contributed by atoms with Crippen molar-refractivity contribution in [2.24, 2.45) is 5.10 Å². The molecular formula is C20H16Cl2IN3O. The van der Waals surface area contributed by atoms with Crippen LogP contribution >= 0.6 is 45.8 Å². The molecule has 2 aromatic carbocycles. The Bertz CT molecular complexity index is 1040. The third-order valence-electron chi connectivity index (χ3n) is 4.11. The number of nitrogens with zero attached hydrogens (tertiary/aromatic N) is 2. The summed E-state index contributed by atoms with van der Waals surface area (Å²) in [4.78, 5) is 12.2. The van der Waals surface area contributed by atoms with Crippen molar-refractivity contribution >= 4 is 57.9 Å². The molecule has 7 heteroatoms. The summed E-state index contributed by atoms with van der Waals surface area (Å²) < 4.78 is 3.33. The second-order valence-corrected chi connectivity index (χ2v) is 7.94. The average Bonchev–Trinajstić information content (AvgIpc) is 2.89. The van der Waals surface area contributed by atoms with E-state index in [1.54, 1.807) is 18.3 Å². The molecule has 0 saturated carbocycles. The van der Waals surface area contributed by atoms with Gasteiger partial charge in [-0.15, -0.1) is 0 Å². The molecule has 3 rings (SSSR count). The van der Waals surface area contributed by atoms with Crippen molar-refractivity contribution in [3.05, 3.63) is 84.7 Å². The maximum atomic E-state index is 12.2. The molecule has 0 bridgehead atoms. The molecule has 4 nitrogen and oxygen atoms in total. The largest absolute Gasteiger partial charge is 0.317 e. The Balaban J connectivity index is 1.81.